The van der Waals surface area contributed by atoms with Crippen LogP contribution in [0.5, 0.6) is 0 Å². The predicted octanol–water partition coefficient (Wildman–Crippen LogP) is 4.06. The van der Waals surface area contributed by atoms with Crippen molar-refractivity contribution in [2.75, 3.05) is 6.54 Å². The molecule has 2 aromatic carbocycles. The minimum Gasteiger partial charge on any atom is -0.390 e. The Morgan fingerprint density at radius 3 is 2.34 bits per heavy atom. The lowest BCUT2D eigenvalue weighted by molar-refractivity contribution is -0.120. The van der Waals surface area contributed by atoms with Gasteiger partial charge < -0.3 is 21.5 Å². The number of carbonyl (C=O) groups excluding carboxylic acids is 1. The molecule has 1 aliphatic rings. The van der Waals surface area contributed by atoms with Crippen molar-refractivity contribution in [2.45, 2.75) is 88.9 Å². The predicted molar refractivity (Wildman–Crippen MR) is 135 cm³/mol. The van der Waals surface area contributed by atoms with Gasteiger partial charge in [-0.25, -0.2) is 8.78 Å². The number of nitrogens with one attached hydrogen (secondary N) is 2. The molecule has 1 amide bonds. The molecule has 35 heavy (non-hydrogen) atoms. The highest BCUT2D eigenvalue weighted by Crippen LogP contribution is 2.38. The molecular formula is C28H39F2N3O2. The number of halogens is 2. The second-order valence-electron chi connectivity index (χ2n) is 11.0. The van der Waals surface area contributed by atoms with Crippen LogP contribution in [0.2, 0.25) is 0 Å². The van der Waals surface area contributed by atoms with Crippen LogP contribution in [0.15, 0.2) is 42.5 Å². The minimum atomic E-state index is -0.969. The fourth-order valence-electron chi connectivity index (χ4n) is 4.95. The second-order valence-corrected chi connectivity index (χ2v) is 11.0. The van der Waals surface area contributed by atoms with E-state index in [1.807, 2.05) is 0 Å². The van der Waals surface area contributed by atoms with Gasteiger partial charge in [0.2, 0.25) is 5.91 Å². The number of nitrogens with two attached hydrogens (primary N) is 1. The summed E-state index contributed by atoms with van der Waals surface area (Å²) in [5, 5.41) is 17.5. The van der Waals surface area contributed by atoms with Crippen LogP contribution in [0, 0.1) is 11.6 Å². The molecule has 2 aromatic rings. The maximum absolute atomic E-state index is 13.7. The molecule has 0 bridgehead atoms. The van der Waals surface area contributed by atoms with Gasteiger partial charge in [0.25, 0.3) is 0 Å². The van der Waals surface area contributed by atoms with Gasteiger partial charge in [-0.15, -0.1) is 0 Å². The van der Waals surface area contributed by atoms with E-state index >= 15 is 0 Å². The van der Waals surface area contributed by atoms with Crippen molar-refractivity contribution in [1.82, 2.24) is 10.6 Å². The zero-order valence-electron chi connectivity index (χ0n) is 21.2. The van der Waals surface area contributed by atoms with Gasteiger partial charge in [0.1, 0.15) is 11.6 Å². The van der Waals surface area contributed by atoms with Gasteiger partial charge in [0.15, 0.2) is 0 Å². The molecule has 0 heterocycles. The van der Waals surface area contributed by atoms with Gasteiger partial charge in [-0.3, -0.25) is 4.79 Å². The second kappa shape index (κ2) is 11.1. The Morgan fingerprint density at radius 2 is 1.77 bits per heavy atom. The zero-order valence-corrected chi connectivity index (χ0v) is 21.2. The summed E-state index contributed by atoms with van der Waals surface area (Å²) in [7, 11) is 0. The lowest BCUT2D eigenvalue weighted by Gasteiger charge is -2.42. The van der Waals surface area contributed by atoms with Gasteiger partial charge in [-0.2, -0.15) is 0 Å². The van der Waals surface area contributed by atoms with E-state index in [2.05, 4.69) is 55.7 Å². The van der Waals surface area contributed by atoms with Crippen LogP contribution in [0.4, 0.5) is 8.78 Å². The van der Waals surface area contributed by atoms with E-state index in [0.717, 1.165) is 37.3 Å². The molecule has 1 aliphatic carbocycles. The first kappa shape index (κ1) is 27.2. The highest BCUT2D eigenvalue weighted by Gasteiger charge is 2.37. The van der Waals surface area contributed by atoms with Gasteiger partial charge >= 0.3 is 0 Å². The molecule has 0 aliphatic heterocycles. The number of aliphatic hydroxyl groups excluding tert-OH is 1. The highest BCUT2D eigenvalue weighted by atomic mass is 19.1. The summed E-state index contributed by atoms with van der Waals surface area (Å²) < 4.78 is 27.4. The van der Waals surface area contributed by atoms with Crippen LogP contribution in [-0.4, -0.2) is 35.7 Å². The number of hydrogen-bond donors (Lipinski definition) is 4. The number of aliphatic hydroxyl groups is 1. The van der Waals surface area contributed by atoms with Crippen molar-refractivity contribution in [3.05, 3.63) is 70.8 Å². The molecule has 3 rings (SSSR count). The van der Waals surface area contributed by atoms with Gasteiger partial charge in [0.05, 0.1) is 12.1 Å². The molecule has 2 atom stereocenters. The topological polar surface area (TPSA) is 87.4 Å². The van der Waals surface area contributed by atoms with Crippen LogP contribution in [0.1, 0.15) is 70.1 Å². The maximum atomic E-state index is 13.7. The lowest BCUT2D eigenvalue weighted by atomic mass is 9.73. The van der Waals surface area contributed by atoms with E-state index in [-0.39, 0.29) is 35.9 Å². The van der Waals surface area contributed by atoms with Crippen molar-refractivity contribution in [3.63, 3.8) is 0 Å². The summed E-state index contributed by atoms with van der Waals surface area (Å²) in [6, 6.07) is 11.2. The summed E-state index contributed by atoms with van der Waals surface area (Å²) >= 11 is 0. The molecule has 7 heteroatoms. The average molecular weight is 488 g/mol. The SMILES string of the molecule is CC(=O)N[C@@H](Cc1cc(F)cc(F)c1)C(O)CNC1(c2cccc(C(C)(C)C)c2)CCC(N)CC1. The smallest absolute Gasteiger partial charge is 0.217 e. The normalized spacial score (nSPS) is 22.5. The fraction of sp³-hybridized carbons (Fsp3) is 0.536. The summed E-state index contributed by atoms with van der Waals surface area (Å²) in [5.41, 5.74) is 8.62. The Bertz CT molecular complexity index is 993. The number of carbonyl (C=O) groups is 1. The van der Waals surface area contributed by atoms with Crippen LogP contribution in [0.3, 0.4) is 0 Å². The monoisotopic (exact) mass is 487 g/mol. The minimum absolute atomic E-state index is 0.00147. The van der Waals surface area contributed by atoms with Gasteiger partial charge in [-0.1, -0.05) is 45.0 Å². The van der Waals surface area contributed by atoms with E-state index in [1.54, 1.807) is 0 Å². The first-order chi connectivity index (χ1) is 16.4. The van der Waals surface area contributed by atoms with E-state index < -0.39 is 23.8 Å². The summed E-state index contributed by atoms with van der Waals surface area (Å²) in [6.07, 6.45) is 2.52. The summed E-state index contributed by atoms with van der Waals surface area (Å²) in [4.78, 5) is 11.8. The average Bonchev–Trinajstić information content (AvgIpc) is 2.77. The maximum Gasteiger partial charge on any atom is 0.217 e. The van der Waals surface area contributed by atoms with E-state index in [9.17, 15) is 18.7 Å². The highest BCUT2D eigenvalue weighted by molar-refractivity contribution is 5.73. The Labute approximate surface area is 207 Å². The van der Waals surface area contributed by atoms with E-state index in [4.69, 9.17) is 5.73 Å². The van der Waals surface area contributed by atoms with Crippen LogP contribution in [-0.2, 0) is 22.2 Å². The standard InChI is InChI=1S/C28H39F2N3O2/c1-18(34)33-25(14-19-12-22(29)16-23(30)13-19)26(35)17-32-28(10-8-24(31)9-11-28)21-7-5-6-20(15-21)27(2,3)4/h5-7,12-13,15-16,24-26,32,35H,8-11,14,17,31H2,1-4H3,(H,33,34)/t24?,25-,26?,28?/m0/s1. The molecule has 0 aromatic heterocycles. The van der Waals surface area contributed by atoms with Crippen LogP contribution in [0.25, 0.3) is 0 Å². The van der Waals surface area contributed by atoms with Crippen LogP contribution < -0.4 is 16.4 Å². The van der Waals surface area contributed by atoms with Crippen molar-refractivity contribution in [1.29, 1.82) is 0 Å². The van der Waals surface area contributed by atoms with Gasteiger partial charge in [-0.05, 0) is 66.3 Å². The third-order valence-electron chi connectivity index (χ3n) is 7.05. The summed E-state index contributed by atoms with van der Waals surface area (Å²) in [5.74, 6) is -1.70. The molecule has 5 nitrogen and oxygen atoms in total. The van der Waals surface area contributed by atoms with Crippen molar-refractivity contribution < 1.29 is 18.7 Å². The largest absolute Gasteiger partial charge is 0.390 e. The molecule has 0 spiro atoms. The molecule has 1 unspecified atom stereocenters. The molecule has 0 saturated heterocycles. The molecular weight excluding hydrogens is 448 g/mol. The third kappa shape index (κ3) is 7.32. The van der Waals surface area contributed by atoms with E-state index in [0.29, 0.717) is 5.56 Å². The number of hydrogen-bond acceptors (Lipinski definition) is 4. The van der Waals surface area contributed by atoms with Crippen molar-refractivity contribution in [3.8, 4) is 0 Å². The number of rotatable bonds is 8. The first-order valence-corrected chi connectivity index (χ1v) is 12.4. The van der Waals surface area contributed by atoms with Gasteiger partial charge in [0, 0.05) is 31.1 Å². The zero-order chi connectivity index (χ0) is 25.8. The summed E-state index contributed by atoms with van der Waals surface area (Å²) in [6.45, 7) is 8.11. The first-order valence-electron chi connectivity index (χ1n) is 12.4. The number of benzene rings is 2. The Balaban J connectivity index is 1.82. The fourth-order valence-corrected chi connectivity index (χ4v) is 4.95. The Kier molecular flexibility index (Phi) is 8.67. The molecule has 1 saturated carbocycles. The Morgan fingerprint density at radius 1 is 1.14 bits per heavy atom. The van der Waals surface area contributed by atoms with E-state index in [1.165, 1.54) is 24.6 Å². The lowest BCUT2D eigenvalue weighted by Crippen LogP contribution is -2.54. The molecule has 0 radical (unpaired) electrons. The Hall–Kier alpha value is -2.35. The number of amides is 1. The third-order valence-corrected chi connectivity index (χ3v) is 7.05. The van der Waals surface area contributed by atoms with Crippen LogP contribution >= 0.6 is 0 Å². The quantitative estimate of drug-likeness (QED) is 0.452. The molecule has 5 N–H and O–H groups in total. The van der Waals surface area contributed by atoms with Crippen molar-refractivity contribution in [2.24, 2.45) is 5.73 Å². The molecule has 192 valence electrons. The van der Waals surface area contributed by atoms with Crippen molar-refractivity contribution >= 4 is 5.91 Å². The molecule has 1 fully saturated rings.